The number of hydrogen-bond donors (Lipinski definition) is 1. The molecule has 52 heavy (non-hydrogen) atoms. The first-order valence-corrected chi connectivity index (χ1v) is 19.7. The van der Waals surface area contributed by atoms with E-state index in [0.29, 0.717) is 24.0 Å². The molecular formula is C46H72N6. The maximum Gasteiger partial charge on any atom is 0.140 e. The zero-order chi connectivity index (χ0) is 39.6. The Balaban J connectivity index is 0.000000631. The molecule has 0 radical (unpaired) electrons. The molecular weight excluding hydrogens is 637 g/mol. The fourth-order valence-corrected chi connectivity index (χ4v) is 5.10. The van der Waals surface area contributed by atoms with Crippen molar-refractivity contribution in [3.8, 4) is 0 Å². The van der Waals surface area contributed by atoms with Gasteiger partial charge in [-0.3, -0.25) is 0 Å². The standard InChI is InChI=1S/2C11H13N.C10H12N2.C6H10N2.4C2H6/c1-9(2)12-8-7-10-5-3-4-6-11(10)12;1-8(2)10-7-12-11-6-4-3-5-9(10)11;1-8(2)12-7-5-9-4-3-6-11-10(9)12;1-6(2)8-4-3-7-5-8;4*1-2/h3-9H,1-2H3;3-8,12H,1-2H3;3-8H,1-2H3;3-6H,1-2H3;4*1-2H3. The van der Waals surface area contributed by atoms with Crippen LogP contribution in [0.3, 0.4) is 0 Å². The molecule has 0 aliphatic heterocycles. The molecule has 0 bridgehead atoms. The lowest BCUT2D eigenvalue weighted by atomic mass is 10.0. The van der Waals surface area contributed by atoms with Crippen LogP contribution in [0, 0.1) is 0 Å². The molecule has 0 amide bonds. The van der Waals surface area contributed by atoms with Gasteiger partial charge in [0.2, 0.25) is 0 Å². The van der Waals surface area contributed by atoms with Crippen molar-refractivity contribution in [2.75, 3.05) is 0 Å². The molecule has 0 unspecified atom stereocenters. The number of nitrogens with one attached hydrogen (secondary N) is 1. The van der Waals surface area contributed by atoms with E-state index in [1.807, 2.05) is 80.2 Å². The Labute approximate surface area is 317 Å². The summed E-state index contributed by atoms with van der Waals surface area (Å²) in [5.74, 6) is 0.598. The highest BCUT2D eigenvalue weighted by molar-refractivity contribution is 5.83. The van der Waals surface area contributed by atoms with Gasteiger partial charge in [0.25, 0.3) is 0 Å². The highest BCUT2D eigenvalue weighted by Crippen LogP contribution is 2.24. The topological polar surface area (TPSA) is 56.4 Å². The summed E-state index contributed by atoms with van der Waals surface area (Å²) in [6, 6.07) is 26.8. The monoisotopic (exact) mass is 709 g/mol. The summed E-state index contributed by atoms with van der Waals surface area (Å²) in [4.78, 5) is 11.5. The zero-order valence-corrected chi connectivity index (χ0v) is 35.5. The summed E-state index contributed by atoms with van der Waals surface area (Å²) in [6.07, 6.45) is 13.8. The van der Waals surface area contributed by atoms with E-state index in [4.69, 9.17) is 0 Å². The molecule has 7 aromatic rings. The highest BCUT2D eigenvalue weighted by Gasteiger charge is 2.05. The predicted octanol–water partition coefficient (Wildman–Crippen LogP) is 14.7. The number of para-hydroxylation sites is 2. The Hall–Kier alpha value is -4.58. The molecule has 2 aromatic carbocycles. The van der Waals surface area contributed by atoms with Crippen LogP contribution in [-0.4, -0.2) is 28.7 Å². The Kier molecular flexibility index (Phi) is 24.7. The fourth-order valence-electron chi connectivity index (χ4n) is 5.10. The van der Waals surface area contributed by atoms with Crippen molar-refractivity contribution in [3.05, 3.63) is 122 Å². The molecule has 5 aromatic heterocycles. The van der Waals surface area contributed by atoms with Crippen molar-refractivity contribution >= 4 is 32.8 Å². The number of hydrogen-bond acceptors (Lipinski definition) is 2. The minimum atomic E-state index is 0.484. The van der Waals surface area contributed by atoms with Gasteiger partial charge in [-0.25, -0.2) is 9.97 Å². The maximum absolute atomic E-state index is 4.33. The SMILES string of the molecule is CC.CC.CC.CC.CC(C)c1c[nH]c2ccccc12.CC(C)n1ccc2ccccc21.CC(C)n1ccc2cccnc21.CC(C)n1ccnc1. The lowest BCUT2D eigenvalue weighted by molar-refractivity contribution is 0.600. The van der Waals surface area contributed by atoms with E-state index in [1.165, 1.54) is 32.8 Å². The first kappa shape index (κ1) is 47.4. The van der Waals surface area contributed by atoms with Crippen molar-refractivity contribution in [2.45, 2.75) is 135 Å². The number of nitrogens with zero attached hydrogens (tertiary/aromatic N) is 5. The summed E-state index contributed by atoms with van der Waals surface area (Å²) >= 11 is 0. The lowest BCUT2D eigenvalue weighted by Gasteiger charge is -2.08. The number of H-pyrrole nitrogens is 1. The highest BCUT2D eigenvalue weighted by atomic mass is 15.0. The van der Waals surface area contributed by atoms with Crippen molar-refractivity contribution in [1.82, 2.24) is 28.7 Å². The molecule has 1 N–H and O–H groups in total. The summed E-state index contributed by atoms with van der Waals surface area (Å²) < 4.78 is 6.52. The number of aromatic nitrogens is 6. The molecule has 6 heteroatoms. The predicted molar refractivity (Wildman–Crippen MR) is 233 cm³/mol. The lowest BCUT2D eigenvalue weighted by Crippen LogP contribution is -1.98. The molecule has 0 atom stereocenters. The zero-order valence-electron chi connectivity index (χ0n) is 35.5. The van der Waals surface area contributed by atoms with E-state index < -0.39 is 0 Å². The number of fused-ring (bicyclic) bond motifs is 3. The normalized spacial score (nSPS) is 9.85. The quantitative estimate of drug-likeness (QED) is 0.198. The van der Waals surface area contributed by atoms with E-state index in [0.717, 1.165) is 5.65 Å². The summed E-state index contributed by atoms with van der Waals surface area (Å²) in [5, 5.41) is 3.89. The van der Waals surface area contributed by atoms with Crippen LogP contribution in [0.4, 0.5) is 0 Å². The second kappa shape index (κ2) is 27.1. The van der Waals surface area contributed by atoms with E-state index in [9.17, 15) is 0 Å². The Bertz CT molecular complexity index is 1650. The first-order valence-electron chi connectivity index (χ1n) is 19.7. The molecule has 0 spiro atoms. The molecule has 0 fully saturated rings. The van der Waals surface area contributed by atoms with Gasteiger partial charge in [0.1, 0.15) is 5.65 Å². The van der Waals surface area contributed by atoms with E-state index >= 15 is 0 Å². The van der Waals surface area contributed by atoms with Crippen LogP contribution >= 0.6 is 0 Å². The minimum Gasteiger partial charge on any atom is -0.361 e. The Morgan fingerprint density at radius 1 is 0.538 bits per heavy atom. The Morgan fingerprint density at radius 3 is 1.65 bits per heavy atom. The van der Waals surface area contributed by atoms with Crippen LogP contribution in [-0.2, 0) is 0 Å². The van der Waals surface area contributed by atoms with Gasteiger partial charge in [0.05, 0.1) is 6.33 Å². The number of rotatable bonds is 4. The van der Waals surface area contributed by atoms with E-state index in [2.05, 4.69) is 169 Å². The summed E-state index contributed by atoms with van der Waals surface area (Å²) in [7, 11) is 0. The number of imidazole rings is 1. The van der Waals surface area contributed by atoms with Gasteiger partial charge in [0, 0.05) is 77.1 Å². The molecule has 5 heterocycles. The molecule has 0 aliphatic carbocycles. The van der Waals surface area contributed by atoms with Gasteiger partial charge < -0.3 is 18.7 Å². The van der Waals surface area contributed by atoms with Gasteiger partial charge in [0.15, 0.2) is 0 Å². The number of pyridine rings is 1. The van der Waals surface area contributed by atoms with Crippen molar-refractivity contribution in [2.24, 2.45) is 0 Å². The maximum atomic E-state index is 4.33. The number of benzene rings is 2. The van der Waals surface area contributed by atoms with Crippen molar-refractivity contribution < 1.29 is 0 Å². The van der Waals surface area contributed by atoms with Crippen LogP contribution in [0.1, 0.15) is 140 Å². The van der Waals surface area contributed by atoms with Crippen LogP contribution in [0.5, 0.6) is 0 Å². The van der Waals surface area contributed by atoms with E-state index in [1.54, 1.807) is 6.20 Å². The first-order chi connectivity index (χ1) is 25.2. The third kappa shape index (κ3) is 14.6. The van der Waals surface area contributed by atoms with E-state index in [-0.39, 0.29) is 0 Å². The van der Waals surface area contributed by atoms with Crippen LogP contribution < -0.4 is 0 Å². The third-order valence-corrected chi connectivity index (χ3v) is 7.58. The van der Waals surface area contributed by atoms with Gasteiger partial charge in [-0.2, -0.15) is 0 Å². The van der Waals surface area contributed by atoms with Gasteiger partial charge in [-0.15, -0.1) is 0 Å². The molecule has 0 saturated carbocycles. The molecule has 0 aliphatic rings. The largest absolute Gasteiger partial charge is 0.361 e. The third-order valence-electron chi connectivity index (χ3n) is 7.58. The molecule has 0 saturated heterocycles. The average molecular weight is 709 g/mol. The van der Waals surface area contributed by atoms with Crippen LogP contribution in [0.25, 0.3) is 32.8 Å². The van der Waals surface area contributed by atoms with Gasteiger partial charge in [-0.1, -0.05) is 106 Å². The molecule has 7 rings (SSSR count). The Morgan fingerprint density at radius 2 is 1.10 bits per heavy atom. The summed E-state index contributed by atoms with van der Waals surface area (Å²) in [6.45, 7) is 33.4. The van der Waals surface area contributed by atoms with Gasteiger partial charge in [-0.05, 0) is 94.8 Å². The van der Waals surface area contributed by atoms with Crippen molar-refractivity contribution in [3.63, 3.8) is 0 Å². The van der Waals surface area contributed by atoms with Crippen LogP contribution in [0.15, 0.2) is 116 Å². The van der Waals surface area contributed by atoms with Gasteiger partial charge >= 0.3 is 0 Å². The minimum absolute atomic E-state index is 0.484. The van der Waals surface area contributed by atoms with Crippen molar-refractivity contribution in [1.29, 1.82) is 0 Å². The van der Waals surface area contributed by atoms with Crippen LogP contribution in [0.2, 0.25) is 0 Å². The average Bonchev–Trinajstić information content (AvgIpc) is 4.01. The molecule has 286 valence electrons. The second-order valence-corrected chi connectivity index (χ2v) is 12.2. The fraction of sp³-hybridized carbons (Fsp3) is 0.435. The summed E-state index contributed by atoms with van der Waals surface area (Å²) in [5.41, 5.74) is 5.05. The number of aromatic amines is 1. The smallest absolute Gasteiger partial charge is 0.140 e. The second-order valence-electron chi connectivity index (χ2n) is 12.2. The molecule has 6 nitrogen and oxygen atoms in total.